The Labute approximate surface area is 201 Å². The van der Waals surface area contributed by atoms with Gasteiger partial charge < -0.3 is 9.64 Å². The van der Waals surface area contributed by atoms with Crippen LogP contribution in [-0.4, -0.2) is 33.0 Å². The monoisotopic (exact) mass is 472 g/mol. The number of hydrogen-bond acceptors (Lipinski definition) is 4. The van der Waals surface area contributed by atoms with Crippen molar-refractivity contribution in [2.75, 3.05) is 32.1 Å². The van der Waals surface area contributed by atoms with E-state index in [4.69, 9.17) is 9.73 Å². The van der Waals surface area contributed by atoms with Crippen LogP contribution in [0.5, 0.6) is 5.75 Å². The van der Waals surface area contributed by atoms with Gasteiger partial charge in [0.1, 0.15) is 5.75 Å². The number of benzene rings is 3. The minimum atomic E-state index is 0. The van der Waals surface area contributed by atoms with Gasteiger partial charge in [-0.3, -0.25) is 4.99 Å². The van der Waals surface area contributed by atoms with Gasteiger partial charge in [-0.2, -0.15) is 0 Å². The third kappa shape index (κ3) is 6.07. The molecule has 3 nitrogen and oxygen atoms in total. The second kappa shape index (κ2) is 11.8. The van der Waals surface area contributed by atoms with E-state index in [-0.39, 0.29) is 24.8 Å². The Hall–Kier alpha value is -2.40. The zero-order chi connectivity index (χ0) is 20.1. The number of nitrogens with zero attached hydrogens (tertiary/aromatic N) is 2. The summed E-state index contributed by atoms with van der Waals surface area (Å²) in [7, 11) is 3.82. The number of methoxy groups -OCH3 is 1. The van der Waals surface area contributed by atoms with Crippen LogP contribution in [0.3, 0.4) is 0 Å². The van der Waals surface area contributed by atoms with E-state index >= 15 is 0 Å². The number of benzodiazepines with no additional fused rings is 1. The first kappa shape index (κ1) is 24.9. The molecule has 0 saturated carbocycles. The number of fused-ring (bicyclic) bond motifs is 1. The quantitative estimate of drug-likeness (QED) is 0.415. The summed E-state index contributed by atoms with van der Waals surface area (Å²) in [6.07, 6.45) is 4.32. The Bertz CT molecular complexity index is 1050. The first-order chi connectivity index (χ1) is 14.2. The van der Waals surface area contributed by atoms with E-state index in [1.165, 1.54) is 26.6 Å². The van der Waals surface area contributed by atoms with Crippen molar-refractivity contribution in [2.24, 2.45) is 4.99 Å². The molecular formula is C25H26Cl2N2OS. The van der Waals surface area contributed by atoms with Crippen LogP contribution in [0.25, 0.3) is 6.08 Å². The lowest BCUT2D eigenvalue weighted by Gasteiger charge is -2.18. The number of allylic oxidation sites excluding steroid dienone is 1. The van der Waals surface area contributed by atoms with Crippen molar-refractivity contribution in [3.05, 3.63) is 90.0 Å². The van der Waals surface area contributed by atoms with Crippen LogP contribution in [0.15, 0.2) is 93.7 Å². The molecule has 31 heavy (non-hydrogen) atoms. The predicted octanol–water partition coefficient (Wildman–Crippen LogP) is 6.64. The predicted molar refractivity (Wildman–Crippen MR) is 138 cm³/mol. The molecule has 162 valence electrons. The fourth-order valence-corrected chi connectivity index (χ4v) is 4.27. The van der Waals surface area contributed by atoms with Crippen LogP contribution in [-0.2, 0) is 0 Å². The van der Waals surface area contributed by atoms with Crippen LogP contribution in [0.4, 0.5) is 5.69 Å². The minimum absolute atomic E-state index is 0. The lowest BCUT2D eigenvalue weighted by molar-refractivity contribution is 0.414. The zero-order valence-corrected chi connectivity index (χ0v) is 20.0. The molecule has 0 aliphatic carbocycles. The summed E-state index contributed by atoms with van der Waals surface area (Å²) >= 11 is 1.76. The van der Waals surface area contributed by atoms with Crippen molar-refractivity contribution >= 4 is 54.1 Å². The molecule has 0 fully saturated rings. The van der Waals surface area contributed by atoms with Crippen LogP contribution in [0.2, 0.25) is 0 Å². The Morgan fingerprint density at radius 1 is 0.903 bits per heavy atom. The maximum Gasteiger partial charge on any atom is 0.118 e. The molecule has 0 unspecified atom stereocenters. The molecule has 1 aliphatic rings. The second-order valence-corrected chi connectivity index (χ2v) is 7.97. The smallest absolute Gasteiger partial charge is 0.118 e. The SMILES string of the molecule is COc1ccc(Sc2ccccc2C=CC2=NCCN(C)c3ccccc32)cc1.Cl.Cl. The average molecular weight is 473 g/mol. The van der Waals surface area contributed by atoms with Crippen LogP contribution in [0.1, 0.15) is 11.1 Å². The Balaban J connectivity index is 0.00000171. The third-order valence-corrected chi connectivity index (χ3v) is 6.04. The fourth-order valence-electron chi connectivity index (χ4n) is 3.34. The van der Waals surface area contributed by atoms with E-state index in [9.17, 15) is 0 Å². The highest BCUT2D eigenvalue weighted by molar-refractivity contribution is 7.99. The molecule has 0 atom stereocenters. The van der Waals surface area contributed by atoms with Gasteiger partial charge in [0, 0.05) is 34.6 Å². The van der Waals surface area contributed by atoms with Crippen LogP contribution >= 0.6 is 36.6 Å². The number of hydrogen-bond donors (Lipinski definition) is 0. The highest BCUT2D eigenvalue weighted by Crippen LogP contribution is 2.32. The Kier molecular flexibility index (Phi) is 9.50. The molecule has 4 rings (SSSR count). The van der Waals surface area contributed by atoms with Crippen molar-refractivity contribution in [1.29, 1.82) is 0 Å². The van der Waals surface area contributed by atoms with Gasteiger partial charge >= 0.3 is 0 Å². The summed E-state index contributed by atoms with van der Waals surface area (Å²) in [6, 6.07) is 25.1. The van der Waals surface area contributed by atoms with E-state index in [0.29, 0.717) is 0 Å². The number of para-hydroxylation sites is 1. The van der Waals surface area contributed by atoms with Crippen molar-refractivity contribution in [3.8, 4) is 5.75 Å². The van der Waals surface area contributed by atoms with Crippen LogP contribution in [0, 0.1) is 0 Å². The summed E-state index contributed by atoms with van der Waals surface area (Å²) in [5, 5.41) is 0. The minimum Gasteiger partial charge on any atom is -0.497 e. The van der Waals surface area contributed by atoms with Crippen molar-refractivity contribution < 1.29 is 4.74 Å². The van der Waals surface area contributed by atoms with Crippen molar-refractivity contribution in [2.45, 2.75) is 9.79 Å². The van der Waals surface area contributed by atoms with Gasteiger partial charge in [0.05, 0.1) is 19.4 Å². The van der Waals surface area contributed by atoms with E-state index < -0.39 is 0 Å². The Morgan fingerprint density at radius 3 is 2.39 bits per heavy atom. The molecule has 0 bridgehead atoms. The first-order valence-corrected chi connectivity index (χ1v) is 10.5. The third-order valence-electron chi connectivity index (χ3n) is 4.94. The maximum atomic E-state index is 5.26. The highest BCUT2D eigenvalue weighted by atomic mass is 35.5. The molecule has 1 heterocycles. The number of aliphatic imine (C=N–C) groups is 1. The summed E-state index contributed by atoms with van der Waals surface area (Å²) < 4.78 is 5.26. The van der Waals surface area contributed by atoms with Gasteiger partial charge in [0.25, 0.3) is 0 Å². The summed E-state index contributed by atoms with van der Waals surface area (Å²) in [5.74, 6) is 0.873. The summed E-state index contributed by atoms with van der Waals surface area (Å²) in [5.41, 5.74) is 4.64. The number of likely N-dealkylation sites (N-methyl/N-ethyl adjacent to an activating group) is 1. The number of rotatable bonds is 5. The largest absolute Gasteiger partial charge is 0.497 e. The van der Waals surface area contributed by atoms with Gasteiger partial charge in [-0.15, -0.1) is 24.8 Å². The maximum absolute atomic E-state index is 5.26. The van der Waals surface area contributed by atoms with Crippen molar-refractivity contribution in [1.82, 2.24) is 0 Å². The lowest BCUT2D eigenvalue weighted by atomic mass is 10.1. The molecule has 6 heteroatoms. The van der Waals surface area contributed by atoms with Gasteiger partial charge in [-0.05, 0) is 48.0 Å². The molecule has 0 radical (unpaired) electrons. The van der Waals surface area contributed by atoms with E-state index in [0.717, 1.165) is 24.6 Å². The van der Waals surface area contributed by atoms with Gasteiger partial charge in [-0.25, -0.2) is 0 Å². The molecule has 0 aromatic heterocycles. The standard InChI is InChI=1S/C25H24N2OS.2ClH/c1-27-18-17-26-23(22-8-4-5-9-24(22)27)16-11-19-7-3-6-10-25(19)29-21-14-12-20(28-2)13-15-21;;/h3-16H,17-18H2,1-2H3;2*1H. The summed E-state index contributed by atoms with van der Waals surface area (Å²) in [6.45, 7) is 1.73. The van der Waals surface area contributed by atoms with Gasteiger partial charge in [0.2, 0.25) is 0 Å². The van der Waals surface area contributed by atoms with Gasteiger partial charge in [0.15, 0.2) is 0 Å². The lowest BCUT2D eigenvalue weighted by Crippen LogP contribution is -2.20. The van der Waals surface area contributed by atoms with Crippen molar-refractivity contribution in [3.63, 3.8) is 0 Å². The topological polar surface area (TPSA) is 24.8 Å². The van der Waals surface area contributed by atoms with Gasteiger partial charge in [-0.1, -0.05) is 54.2 Å². The highest BCUT2D eigenvalue weighted by Gasteiger charge is 2.13. The number of halogens is 2. The molecule has 0 saturated heterocycles. The number of ether oxygens (including phenoxy) is 1. The number of anilines is 1. The summed E-state index contributed by atoms with van der Waals surface area (Å²) in [4.78, 5) is 9.50. The first-order valence-electron chi connectivity index (χ1n) is 9.68. The van der Waals surface area contributed by atoms with E-state index in [1.54, 1.807) is 18.9 Å². The molecule has 3 aromatic rings. The molecule has 1 aliphatic heterocycles. The molecule has 0 spiro atoms. The zero-order valence-electron chi connectivity index (χ0n) is 17.5. The Morgan fingerprint density at radius 2 is 1.61 bits per heavy atom. The van der Waals surface area contributed by atoms with E-state index in [1.807, 2.05) is 12.1 Å². The molecule has 3 aromatic carbocycles. The van der Waals surface area contributed by atoms with Crippen LogP contribution < -0.4 is 9.64 Å². The normalized spacial score (nSPS) is 12.8. The fraction of sp³-hybridized carbons (Fsp3) is 0.160. The molecule has 0 N–H and O–H groups in total. The molecule has 0 amide bonds. The van der Waals surface area contributed by atoms with E-state index in [2.05, 4.69) is 84.8 Å². The molecular weight excluding hydrogens is 447 g/mol. The average Bonchev–Trinajstić information content (AvgIpc) is 2.93. The second-order valence-electron chi connectivity index (χ2n) is 6.85.